The van der Waals surface area contributed by atoms with E-state index in [1.165, 1.54) is 81.3 Å². The van der Waals surface area contributed by atoms with E-state index in [0.29, 0.717) is 11.3 Å². The maximum Gasteiger partial charge on any atom is 0.246 e. The molecule has 0 amide bonds. The Morgan fingerprint density at radius 1 is 0.549 bits per heavy atom. The third-order valence-corrected chi connectivity index (χ3v) is 16.6. The first-order chi connectivity index (χ1) is 25.2. The Balaban J connectivity index is 1.22. The number of benzene rings is 6. The minimum Gasteiger partial charge on any atom is -0.310 e. The van der Waals surface area contributed by atoms with Crippen molar-refractivity contribution in [2.24, 2.45) is 29.1 Å². The lowest BCUT2D eigenvalue weighted by Gasteiger charge is -2.71. The summed E-state index contributed by atoms with van der Waals surface area (Å²) in [5.74, 6) is 3.71. The van der Waals surface area contributed by atoms with Crippen molar-refractivity contribution < 1.29 is 0 Å². The van der Waals surface area contributed by atoms with Gasteiger partial charge in [0.15, 0.2) is 0 Å². The zero-order valence-electron chi connectivity index (χ0n) is 28.9. The molecular formula is C49H38BN. The van der Waals surface area contributed by atoms with E-state index in [-0.39, 0.29) is 12.1 Å². The second-order valence-corrected chi connectivity index (χ2v) is 17.6. The van der Waals surface area contributed by atoms with Gasteiger partial charge in [0.25, 0.3) is 0 Å². The number of anilines is 3. The second-order valence-electron chi connectivity index (χ2n) is 17.6. The summed E-state index contributed by atoms with van der Waals surface area (Å²) in [7, 11) is 0. The van der Waals surface area contributed by atoms with Crippen LogP contribution in [-0.2, 0) is 10.8 Å². The molecule has 242 valence electrons. The lowest BCUT2D eigenvalue weighted by Crippen LogP contribution is -2.67. The van der Waals surface area contributed by atoms with Crippen LogP contribution in [-0.4, -0.2) is 6.71 Å². The van der Waals surface area contributed by atoms with Crippen LogP contribution in [0.4, 0.5) is 17.1 Å². The zero-order chi connectivity index (χ0) is 33.0. The van der Waals surface area contributed by atoms with E-state index in [1.807, 2.05) is 0 Å². The van der Waals surface area contributed by atoms with Gasteiger partial charge in [0.05, 0.1) is 11.1 Å². The SMILES string of the molecule is CC1c2ccccc2C2(c3ccccc3)c3cccc4c3N3c5c(cccc5C5(c6ccc1c2c63)C1CC2CC3CC5C23C1)B4c1ccccc1. The highest BCUT2D eigenvalue weighted by atomic mass is 15.2. The zero-order valence-corrected chi connectivity index (χ0v) is 28.9. The van der Waals surface area contributed by atoms with Crippen LogP contribution in [0.3, 0.4) is 0 Å². The Labute approximate surface area is 300 Å². The Hall–Kier alpha value is -4.82. The Kier molecular flexibility index (Phi) is 4.46. The number of rotatable bonds is 2. The third kappa shape index (κ3) is 2.54. The fourth-order valence-electron chi connectivity index (χ4n) is 15.1. The van der Waals surface area contributed by atoms with Gasteiger partial charge in [-0.2, -0.15) is 0 Å². The molecule has 2 heteroatoms. The molecule has 14 rings (SSSR count). The van der Waals surface area contributed by atoms with Crippen LogP contribution >= 0.6 is 0 Å². The van der Waals surface area contributed by atoms with Crippen molar-refractivity contribution in [1.29, 1.82) is 0 Å². The molecule has 1 nitrogen and oxygen atoms in total. The maximum absolute atomic E-state index is 2.86. The van der Waals surface area contributed by atoms with Crippen LogP contribution in [0.1, 0.15) is 83.0 Å². The maximum atomic E-state index is 2.86. The number of para-hydroxylation sites is 2. The lowest BCUT2D eigenvalue weighted by molar-refractivity contribution is -0.194. The highest BCUT2D eigenvalue weighted by Gasteiger charge is 2.82. The van der Waals surface area contributed by atoms with Crippen molar-refractivity contribution in [2.45, 2.75) is 49.4 Å². The molecule has 8 aliphatic rings. The summed E-state index contributed by atoms with van der Waals surface area (Å²) in [5.41, 5.74) is 21.3. The quantitative estimate of drug-likeness (QED) is 0.169. The molecule has 51 heavy (non-hydrogen) atoms. The van der Waals surface area contributed by atoms with E-state index in [1.54, 1.807) is 22.4 Å². The summed E-state index contributed by atoms with van der Waals surface area (Å²) in [5, 5.41) is 0. The van der Waals surface area contributed by atoms with Gasteiger partial charge in [-0.15, -0.1) is 0 Å². The molecule has 3 aliphatic heterocycles. The van der Waals surface area contributed by atoms with Crippen molar-refractivity contribution in [3.63, 3.8) is 0 Å². The number of hydrogen-bond acceptors (Lipinski definition) is 1. The van der Waals surface area contributed by atoms with Crippen LogP contribution in [0.5, 0.6) is 0 Å². The highest BCUT2D eigenvalue weighted by molar-refractivity contribution is 6.98. The fraction of sp³-hybridized carbons (Fsp3) is 0.265. The van der Waals surface area contributed by atoms with Gasteiger partial charge in [0, 0.05) is 22.7 Å². The standard InChI is InChI=1S/C49H38BN/c1-28-34-16-8-9-17-36(34)49(29-12-4-2-5-13-29)38-19-11-21-41-45(38)51-44-37(18-10-20-40(44)50(41)33-14-6-3-7-15-33)48(39-23-22-35(28)43(49)46(39)51)32-25-30-24-31-26-42(48)47(30,31)27-32/h2-23,28,30-32,42H,24-27H2,1H3. The number of fused-ring (bicyclic) bond motifs is 8. The summed E-state index contributed by atoms with van der Waals surface area (Å²) in [6.07, 6.45) is 5.78. The van der Waals surface area contributed by atoms with Crippen molar-refractivity contribution in [3.05, 3.63) is 178 Å². The van der Waals surface area contributed by atoms with E-state index >= 15 is 0 Å². The first-order valence-electron chi connectivity index (χ1n) is 19.6. The number of nitrogens with zero attached hydrogens (tertiary/aromatic N) is 1. The topological polar surface area (TPSA) is 3.24 Å². The van der Waals surface area contributed by atoms with Crippen molar-refractivity contribution in [1.82, 2.24) is 0 Å². The third-order valence-electron chi connectivity index (χ3n) is 16.6. The van der Waals surface area contributed by atoms with E-state index in [4.69, 9.17) is 0 Å². The fourth-order valence-corrected chi connectivity index (χ4v) is 15.1. The molecule has 5 aliphatic carbocycles. The van der Waals surface area contributed by atoms with Gasteiger partial charge in [0.2, 0.25) is 6.71 Å². The molecule has 6 aromatic rings. The molecule has 0 saturated heterocycles. The molecule has 0 aromatic heterocycles. The van der Waals surface area contributed by atoms with Gasteiger partial charge in [-0.1, -0.05) is 146 Å². The Bertz CT molecular complexity index is 2570. The molecule has 0 radical (unpaired) electrons. The predicted molar refractivity (Wildman–Crippen MR) is 207 cm³/mol. The molecule has 3 heterocycles. The van der Waals surface area contributed by atoms with Gasteiger partial charge in [-0.25, -0.2) is 0 Å². The minimum absolute atomic E-state index is 0.0767. The molecule has 4 saturated carbocycles. The first-order valence-corrected chi connectivity index (χ1v) is 19.6. The van der Waals surface area contributed by atoms with Gasteiger partial charge < -0.3 is 4.90 Å². The molecule has 0 N–H and O–H groups in total. The van der Waals surface area contributed by atoms with Crippen LogP contribution < -0.4 is 21.3 Å². The largest absolute Gasteiger partial charge is 0.310 e. The molecule has 4 fully saturated rings. The van der Waals surface area contributed by atoms with Crippen molar-refractivity contribution >= 4 is 40.2 Å². The summed E-state index contributed by atoms with van der Waals surface area (Å²) in [4.78, 5) is 2.86. The molecule has 8 atom stereocenters. The molecular weight excluding hydrogens is 613 g/mol. The van der Waals surface area contributed by atoms with E-state index in [0.717, 1.165) is 23.7 Å². The van der Waals surface area contributed by atoms with Gasteiger partial charge in [-0.3, -0.25) is 0 Å². The highest BCUT2D eigenvalue weighted by Crippen LogP contribution is 2.88. The average molecular weight is 652 g/mol. The normalized spacial score (nSPS) is 33.6. The predicted octanol–water partition coefficient (Wildman–Crippen LogP) is 8.81. The summed E-state index contributed by atoms with van der Waals surface area (Å²) in [6, 6.07) is 52.8. The van der Waals surface area contributed by atoms with Gasteiger partial charge in [-0.05, 0) is 110 Å². The molecule has 2 spiro atoms. The molecule has 8 unspecified atom stereocenters. The summed E-state index contributed by atoms with van der Waals surface area (Å²) in [6.45, 7) is 2.66. The summed E-state index contributed by atoms with van der Waals surface area (Å²) < 4.78 is 0. The van der Waals surface area contributed by atoms with Crippen LogP contribution in [0, 0.1) is 29.1 Å². The van der Waals surface area contributed by atoms with E-state index < -0.39 is 5.41 Å². The Morgan fingerprint density at radius 2 is 1.20 bits per heavy atom. The van der Waals surface area contributed by atoms with Crippen LogP contribution in [0.25, 0.3) is 0 Å². The average Bonchev–Trinajstić information content (AvgIpc) is 3.68. The van der Waals surface area contributed by atoms with Crippen LogP contribution in [0.15, 0.2) is 133 Å². The first kappa shape index (κ1) is 26.9. The molecule has 2 bridgehead atoms. The van der Waals surface area contributed by atoms with Crippen molar-refractivity contribution in [3.8, 4) is 0 Å². The minimum atomic E-state index is -0.407. The summed E-state index contributed by atoms with van der Waals surface area (Å²) >= 11 is 0. The van der Waals surface area contributed by atoms with Gasteiger partial charge >= 0.3 is 0 Å². The monoisotopic (exact) mass is 651 g/mol. The smallest absolute Gasteiger partial charge is 0.246 e. The van der Waals surface area contributed by atoms with Crippen molar-refractivity contribution in [2.75, 3.05) is 4.90 Å². The second kappa shape index (κ2) is 8.45. The molecule has 6 aromatic carbocycles. The lowest BCUT2D eigenvalue weighted by atomic mass is 9.31. The number of hydrogen-bond donors (Lipinski definition) is 0. The Morgan fingerprint density at radius 3 is 1.98 bits per heavy atom. The van der Waals surface area contributed by atoms with Crippen LogP contribution in [0.2, 0.25) is 0 Å². The van der Waals surface area contributed by atoms with E-state index in [2.05, 4.69) is 145 Å². The van der Waals surface area contributed by atoms with Gasteiger partial charge in [0.1, 0.15) is 0 Å². The van der Waals surface area contributed by atoms with E-state index in [9.17, 15) is 0 Å².